The van der Waals surface area contributed by atoms with Crippen molar-refractivity contribution < 1.29 is 10.2 Å². The summed E-state index contributed by atoms with van der Waals surface area (Å²) in [5.74, 6) is 0. The van der Waals surface area contributed by atoms with Gasteiger partial charge in [0.15, 0.2) is 0 Å². The summed E-state index contributed by atoms with van der Waals surface area (Å²) in [6.07, 6.45) is 1.16. The molecular weight excluding hydrogens is 158 g/mol. The van der Waals surface area contributed by atoms with Crippen LogP contribution in [-0.2, 0) is 0 Å². The lowest BCUT2D eigenvalue weighted by Crippen LogP contribution is -2.26. The fraction of sp³-hybridized carbons (Fsp3) is 1.00. The van der Waals surface area contributed by atoms with Crippen molar-refractivity contribution in [2.24, 2.45) is 5.11 Å². The molecular formula is C7H13N3O2. The Morgan fingerprint density at radius 3 is 2.67 bits per heavy atom. The molecule has 0 spiro atoms. The second kappa shape index (κ2) is 4.30. The zero-order valence-corrected chi connectivity index (χ0v) is 6.80. The van der Waals surface area contributed by atoms with E-state index in [0.29, 0.717) is 12.8 Å². The molecule has 0 radical (unpaired) electrons. The molecule has 0 amide bonds. The number of rotatable bonds is 1. The molecule has 0 saturated heterocycles. The smallest absolute Gasteiger partial charge is 0.0803 e. The molecule has 0 aromatic heterocycles. The van der Waals surface area contributed by atoms with Gasteiger partial charge >= 0.3 is 0 Å². The fourth-order valence-corrected chi connectivity index (χ4v) is 1.49. The third-order valence-electron chi connectivity index (χ3n) is 2.21. The Bertz CT molecular complexity index is 191. The van der Waals surface area contributed by atoms with Gasteiger partial charge in [0.2, 0.25) is 0 Å². The Morgan fingerprint density at radius 1 is 1.25 bits per heavy atom. The van der Waals surface area contributed by atoms with Gasteiger partial charge in [0.05, 0.1) is 12.2 Å². The number of nitrogens with zero attached hydrogens (tertiary/aromatic N) is 3. The van der Waals surface area contributed by atoms with Crippen LogP contribution in [0.15, 0.2) is 5.11 Å². The summed E-state index contributed by atoms with van der Waals surface area (Å²) in [6.45, 7) is 0. The van der Waals surface area contributed by atoms with Crippen LogP contribution in [0.4, 0.5) is 0 Å². The molecule has 1 rings (SSSR count). The first-order chi connectivity index (χ1) is 5.74. The third kappa shape index (κ3) is 2.37. The maximum atomic E-state index is 9.32. The van der Waals surface area contributed by atoms with Crippen LogP contribution in [0.5, 0.6) is 0 Å². The predicted molar refractivity (Wildman–Crippen MR) is 43.4 cm³/mol. The summed E-state index contributed by atoms with van der Waals surface area (Å²) in [7, 11) is 0. The van der Waals surface area contributed by atoms with E-state index in [2.05, 4.69) is 10.0 Å². The highest BCUT2D eigenvalue weighted by Crippen LogP contribution is 2.20. The van der Waals surface area contributed by atoms with Gasteiger partial charge in [-0.15, -0.1) is 0 Å². The highest BCUT2D eigenvalue weighted by atomic mass is 16.3. The van der Waals surface area contributed by atoms with Gasteiger partial charge in [0.25, 0.3) is 0 Å². The Morgan fingerprint density at radius 2 is 2.00 bits per heavy atom. The first-order valence-electron chi connectivity index (χ1n) is 4.14. The molecule has 1 saturated carbocycles. The molecule has 1 aliphatic carbocycles. The van der Waals surface area contributed by atoms with Gasteiger partial charge in [-0.2, -0.15) is 0 Å². The molecule has 1 aliphatic rings. The number of hydrogen-bond donors (Lipinski definition) is 2. The van der Waals surface area contributed by atoms with Crippen LogP contribution in [0.25, 0.3) is 10.4 Å². The van der Waals surface area contributed by atoms with Crippen molar-refractivity contribution in [2.75, 3.05) is 0 Å². The summed E-state index contributed by atoms with van der Waals surface area (Å²) in [5.41, 5.74) is 8.18. The highest BCUT2D eigenvalue weighted by Gasteiger charge is 2.24. The number of aliphatic hydroxyl groups excluding tert-OH is 2. The third-order valence-corrected chi connectivity index (χ3v) is 2.21. The van der Waals surface area contributed by atoms with Gasteiger partial charge in [-0.25, -0.2) is 0 Å². The van der Waals surface area contributed by atoms with E-state index in [1.807, 2.05) is 0 Å². The molecule has 0 bridgehead atoms. The van der Waals surface area contributed by atoms with E-state index in [1.54, 1.807) is 0 Å². The lowest BCUT2D eigenvalue weighted by atomic mass is 10.1. The molecule has 0 aromatic rings. The lowest BCUT2D eigenvalue weighted by molar-refractivity contribution is 0.0141. The molecule has 68 valence electrons. The van der Waals surface area contributed by atoms with Gasteiger partial charge in [0, 0.05) is 11.0 Å². The van der Waals surface area contributed by atoms with Crippen LogP contribution >= 0.6 is 0 Å². The Hall–Kier alpha value is -0.770. The Kier molecular flexibility index (Phi) is 3.34. The van der Waals surface area contributed by atoms with Crippen molar-refractivity contribution in [3.8, 4) is 0 Å². The summed E-state index contributed by atoms with van der Waals surface area (Å²) in [4.78, 5) is 2.69. The second-order valence-corrected chi connectivity index (χ2v) is 3.16. The summed E-state index contributed by atoms with van der Waals surface area (Å²) < 4.78 is 0. The van der Waals surface area contributed by atoms with Gasteiger partial charge < -0.3 is 10.2 Å². The molecule has 0 aliphatic heterocycles. The van der Waals surface area contributed by atoms with E-state index in [4.69, 9.17) is 5.53 Å². The van der Waals surface area contributed by atoms with E-state index in [1.165, 1.54) is 0 Å². The Balaban J connectivity index is 2.53. The van der Waals surface area contributed by atoms with Crippen molar-refractivity contribution >= 4 is 0 Å². The van der Waals surface area contributed by atoms with E-state index >= 15 is 0 Å². The number of aliphatic hydroxyl groups is 2. The minimum absolute atomic E-state index is 0.151. The van der Waals surface area contributed by atoms with Crippen LogP contribution in [-0.4, -0.2) is 28.5 Å². The first-order valence-corrected chi connectivity index (χ1v) is 4.14. The topological polar surface area (TPSA) is 89.2 Å². The standard InChI is InChI=1S/C7H13N3O2/c8-10-9-5-2-1-3-6(11)7(12)4-5/h5-7,11-12H,1-4H2/t5-,6+,7-/m1/s1. The SMILES string of the molecule is [N-]=[N+]=N[C@@H]1CCC[C@H](O)[C@H](O)C1. The summed E-state index contributed by atoms with van der Waals surface area (Å²) >= 11 is 0. The van der Waals surface area contributed by atoms with E-state index < -0.39 is 12.2 Å². The highest BCUT2D eigenvalue weighted by molar-refractivity contribution is 4.80. The zero-order chi connectivity index (χ0) is 8.97. The van der Waals surface area contributed by atoms with Crippen molar-refractivity contribution in [3.05, 3.63) is 10.4 Å². The fourth-order valence-electron chi connectivity index (χ4n) is 1.49. The van der Waals surface area contributed by atoms with Crippen LogP contribution in [0.2, 0.25) is 0 Å². The van der Waals surface area contributed by atoms with Crippen molar-refractivity contribution in [1.29, 1.82) is 0 Å². The molecule has 0 aromatic carbocycles. The normalized spacial score (nSPS) is 36.7. The molecule has 12 heavy (non-hydrogen) atoms. The van der Waals surface area contributed by atoms with Crippen LogP contribution in [0.1, 0.15) is 25.7 Å². The summed E-state index contributed by atoms with van der Waals surface area (Å²) in [5, 5.41) is 22.1. The van der Waals surface area contributed by atoms with Crippen LogP contribution in [0, 0.1) is 0 Å². The van der Waals surface area contributed by atoms with Crippen molar-refractivity contribution in [1.82, 2.24) is 0 Å². The van der Waals surface area contributed by atoms with E-state index in [-0.39, 0.29) is 6.04 Å². The van der Waals surface area contributed by atoms with Gasteiger partial charge in [-0.1, -0.05) is 11.5 Å². The average molecular weight is 171 g/mol. The van der Waals surface area contributed by atoms with Gasteiger partial charge in [-0.05, 0) is 24.8 Å². The van der Waals surface area contributed by atoms with Gasteiger partial charge in [0.1, 0.15) is 0 Å². The molecule has 2 N–H and O–H groups in total. The molecule has 1 fully saturated rings. The molecule has 5 heteroatoms. The van der Waals surface area contributed by atoms with Crippen LogP contribution in [0.3, 0.4) is 0 Å². The molecule has 0 heterocycles. The second-order valence-electron chi connectivity index (χ2n) is 3.16. The van der Waals surface area contributed by atoms with Crippen LogP contribution < -0.4 is 0 Å². The maximum Gasteiger partial charge on any atom is 0.0803 e. The predicted octanol–water partition coefficient (Wildman–Crippen LogP) is 0.961. The van der Waals surface area contributed by atoms with Gasteiger partial charge in [-0.3, -0.25) is 0 Å². The monoisotopic (exact) mass is 171 g/mol. The quantitative estimate of drug-likeness (QED) is 0.266. The van der Waals surface area contributed by atoms with Crippen molar-refractivity contribution in [3.63, 3.8) is 0 Å². The largest absolute Gasteiger partial charge is 0.390 e. The molecule has 5 nitrogen and oxygen atoms in total. The maximum absolute atomic E-state index is 9.32. The number of hydrogen-bond acceptors (Lipinski definition) is 3. The number of azide groups is 1. The summed E-state index contributed by atoms with van der Waals surface area (Å²) in [6, 6.07) is -0.151. The molecule has 3 atom stereocenters. The average Bonchev–Trinajstić information content (AvgIpc) is 2.16. The zero-order valence-electron chi connectivity index (χ0n) is 6.80. The minimum atomic E-state index is -0.733. The lowest BCUT2D eigenvalue weighted by Gasteiger charge is -2.14. The van der Waals surface area contributed by atoms with Crippen molar-refractivity contribution in [2.45, 2.75) is 43.9 Å². The van der Waals surface area contributed by atoms with E-state index in [9.17, 15) is 10.2 Å². The minimum Gasteiger partial charge on any atom is -0.390 e. The Labute approximate surface area is 70.6 Å². The molecule has 0 unspecified atom stereocenters. The first kappa shape index (κ1) is 9.32. The van der Waals surface area contributed by atoms with E-state index in [0.717, 1.165) is 12.8 Å².